The van der Waals surface area contributed by atoms with Gasteiger partial charge in [0.1, 0.15) is 12.4 Å². The number of rotatable bonds is 3. The quantitative estimate of drug-likeness (QED) is 0.675. The molecule has 0 radical (unpaired) electrons. The van der Waals surface area contributed by atoms with Gasteiger partial charge in [-0.2, -0.15) is 21.6 Å². The number of carboxylic acid groups (broad SMARTS) is 1. The average molecular weight is 324 g/mol. The van der Waals surface area contributed by atoms with Gasteiger partial charge in [-0.05, 0) is 24.3 Å². The lowest BCUT2D eigenvalue weighted by Gasteiger charge is -2.19. The molecule has 0 saturated carbocycles. The summed E-state index contributed by atoms with van der Waals surface area (Å²) in [6, 6.07) is 3.34. The Morgan fingerprint density at radius 1 is 1.33 bits per heavy atom. The molecule has 1 aromatic rings. The predicted molar refractivity (Wildman–Crippen MR) is 62.9 cm³/mol. The van der Waals surface area contributed by atoms with Gasteiger partial charge in [0.25, 0.3) is 0 Å². The van der Waals surface area contributed by atoms with E-state index in [1.54, 1.807) is 0 Å². The van der Waals surface area contributed by atoms with Crippen LogP contribution >= 0.6 is 0 Å². The summed E-state index contributed by atoms with van der Waals surface area (Å²) in [6.07, 6.45) is 0.969. The third kappa shape index (κ3) is 2.94. The Labute approximate surface area is 116 Å². The molecule has 0 atom stereocenters. The van der Waals surface area contributed by atoms with Crippen LogP contribution < -0.4 is 4.74 Å². The molecule has 1 N–H and O–H groups in total. The van der Waals surface area contributed by atoms with E-state index in [-0.39, 0.29) is 23.5 Å². The summed E-state index contributed by atoms with van der Waals surface area (Å²) in [5.41, 5.74) is -6.02. The van der Waals surface area contributed by atoms with Gasteiger partial charge in [0.15, 0.2) is 5.76 Å². The van der Waals surface area contributed by atoms with Crippen LogP contribution in [0.4, 0.5) is 13.2 Å². The summed E-state index contributed by atoms with van der Waals surface area (Å²) in [4.78, 5) is 10.8. The molecule has 0 fully saturated rings. The van der Waals surface area contributed by atoms with Crippen molar-refractivity contribution in [2.24, 2.45) is 0 Å². The minimum atomic E-state index is -5.84. The highest BCUT2D eigenvalue weighted by atomic mass is 32.2. The zero-order valence-corrected chi connectivity index (χ0v) is 10.9. The van der Waals surface area contributed by atoms with Crippen molar-refractivity contribution < 1.29 is 40.4 Å². The number of fused-ring (bicyclic) bond motifs is 1. The van der Waals surface area contributed by atoms with E-state index in [1.165, 1.54) is 12.1 Å². The van der Waals surface area contributed by atoms with E-state index in [0.717, 1.165) is 12.1 Å². The lowest BCUT2D eigenvalue weighted by atomic mass is 10.1. The van der Waals surface area contributed by atoms with Gasteiger partial charge < -0.3 is 14.0 Å². The number of hydrogen-bond acceptors (Lipinski definition) is 5. The van der Waals surface area contributed by atoms with Crippen LogP contribution in [0.1, 0.15) is 15.9 Å². The van der Waals surface area contributed by atoms with Gasteiger partial charge >= 0.3 is 21.6 Å². The molecule has 2 rings (SSSR count). The molecular formula is C11H7F3O6S. The van der Waals surface area contributed by atoms with Crippen LogP contribution in [0.2, 0.25) is 0 Å². The lowest BCUT2D eigenvalue weighted by molar-refractivity contribution is -0.0509. The molecule has 21 heavy (non-hydrogen) atoms. The van der Waals surface area contributed by atoms with Gasteiger partial charge in [-0.3, -0.25) is 0 Å². The first-order valence-corrected chi connectivity index (χ1v) is 6.74. The number of hydrogen-bond donors (Lipinski definition) is 1. The maximum absolute atomic E-state index is 12.3. The first kappa shape index (κ1) is 15.2. The normalized spacial score (nSPS) is 14.7. The molecule has 0 amide bonds. The fourth-order valence-electron chi connectivity index (χ4n) is 1.54. The highest BCUT2D eigenvalue weighted by Crippen LogP contribution is 2.35. The summed E-state index contributed by atoms with van der Waals surface area (Å²) >= 11 is 0. The van der Waals surface area contributed by atoms with Gasteiger partial charge in [0.05, 0.1) is 11.1 Å². The zero-order valence-electron chi connectivity index (χ0n) is 10.0. The van der Waals surface area contributed by atoms with E-state index in [0.29, 0.717) is 0 Å². The largest absolute Gasteiger partial charge is 0.534 e. The fourth-order valence-corrected chi connectivity index (χ4v) is 2.03. The second-order valence-corrected chi connectivity index (χ2v) is 5.42. The molecule has 6 nitrogen and oxygen atoms in total. The second kappa shape index (κ2) is 4.95. The lowest BCUT2D eigenvalue weighted by Crippen LogP contribution is -2.25. The molecule has 114 valence electrons. The van der Waals surface area contributed by atoms with Gasteiger partial charge in [-0.25, -0.2) is 4.79 Å². The topological polar surface area (TPSA) is 89.9 Å². The number of halogens is 3. The minimum absolute atomic E-state index is 0.0230. The van der Waals surface area contributed by atoms with Crippen LogP contribution in [-0.4, -0.2) is 31.6 Å². The van der Waals surface area contributed by atoms with Gasteiger partial charge in [-0.1, -0.05) is 0 Å². The number of carbonyl (C=O) groups is 1. The SMILES string of the molecule is O=C(O)c1ccc2c(c1)C(OS(=O)(=O)C(F)(F)F)=CCO2. The molecule has 0 bridgehead atoms. The van der Waals surface area contributed by atoms with E-state index in [4.69, 9.17) is 9.84 Å². The monoisotopic (exact) mass is 324 g/mol. The van der Waals surface area contributed by atoms with E-state index in [9.17, 15) is 26.4 Å². The van der Waals surface area contributed by atoms with Gasteiger partial charge in [0, 0.05) is 0 Å². The zero-order chi connectivity index (χ0) is 15.8. The van der Waals surface area contributed by atoms with Gasteiger partial charge in [0.2, 0.25) is 0 Å². The Hall–Kier alpha value is -2.23. The molecule has 0 saturated heterocycles. The molecule has 0 unspecified atom stereocenters. The molecule has 0 aromatic heterocycles. The maximum Gasteiger partial charge on any atom is 0.534 e. The van der Waals surface area contributed by atoms with Crippen molar-refractivity contribution in [2.45, 2.75) is 5.51 Å². The Kier molecular flexibility index (Phi) is 3.58. The minimum Gasteiger partial charge on any atom is -0.489 e. The van der Waals surface area contributed by atoms with E-state index < -0.39 is 27.4 Å². The third-order valence-corrected chi connectivity index (χ3v) is 3.45. The van der Waals surface area contributed by atoms with Gasteiger partial charge in [-0.15, -0.1) is 0 Å². The van der Waals surface area contributed by atoms with E-state index in [2.05, 4.69) is 4.18 Å². The summed E-state index contributed by atoms with van der Waals surface area (Å²) in [5, 5.41) is 8.84. The molecule has 1 aromatic carbocycles. The number of alkyl halides is 3. The Balaban J connectivity index is 2.43. The Morgan fingerprint density at radius 2 is 2.00 bits per heavy atom. The third-order valence-electron chi connectivity index (χ3n) is 2.48. The Bertz CT molecular complexity index is 720. The molecule has 10 heteroatoms. The van der Waals surface area contributed by atoms with Crippen molar-refractivity contribution in [1.29, 1.82) is 0 Å². The molecule has 1 heterocycles. The average Bonchev–Trinajstić information content (AvgIpc) is 2.36. The second-order valence-electron chi connectivity index (χ2n) is 3.88. The number of ether oxygens (including phenoxy) is 1. The smallest absolute Gasteiger partial charge is 0.489 e. The first-order valence-electron chi connectivity index (χ1n) is 5.33. The highest BCUT2D eigenvalue weighted by molar-refractivity contribution is 7.87. The van der Waals surface area contributed by atoms with Crippen LogP contribution in [0.5, 0.6) is 5.75 Å². The molecule has 1 aliphatic heterocycles. The van der Waals surface area contributed by atoms with Crippen molar-refractivity contribution in [3.8, 4) is 5.75 Å². The maximum atomic E-state index is 12.3. The van der Waals surface area contributed by atoms with Crippen molar-refractivity contribution >= 4 is 21.8 Å². The van der Waals surface area contributed by atoms with E-state index >= 15 is 0 Å². The van der Waals surface area contributed by atoms with Crippen molar-refractivity contribution in [1.82, 2.24) is 0 Å². The molecule has 0 spiro atoms. The predicted octanol–water partition coefficient (Wildman–Crippen LogP) is 1.98. The number of aromatic carboxylic acids is 1. The summed E-state index contributed by atoms with van der Waals surface area (Å²) in [7, 11) is -5.84. The highest BCUT2D eigenvalue weighted by Gasteiger charge is 2.49. The van der Waals surface area contributed by atoms with Crippen molar-refractivity contribution in [2.75, 3.05) is 6.61 Å². The number of carboxylic acids is 1. The summed E-state index contributed by atoms with van der Waals surface area (Å²) in [5.74, 6) is -1.94. The summed E-state index contributed by atoms with van der Waals surface area (Å²) < 4.78 is 68.0. The molecular weight excluding hydrogens is 317 g/mol. The van der Waals surface area contributed by atoms with Crippen LogP contribution in [-0.2, 0) is 14.3 Å². The standard InChI is InChI=1S/C11H7F3O6S/c12-11(13,14)21(17,18)20-9-3-4-19-8-2-1-6(10(15)16)5-7(8)9/h1-3,5H,4H2,(H,15,16). The number of benzene rings is 1. The summed E-state index contributed by atoms with van der Waals surface area (Å²) in [6.45, 7) is -0.206. The van der Waals surface area contributed by atoms with Crippen LogP contribution in [0.25, 0.3) is 5.76 Å². The van der Waals surface area contributed by atoms with Crippen LogP contribution in [0.15, 0.2) is 24.3 Å². The van der Waals surface area contributed by atoms with Crippen LogP contribution in [0, 0.1) is 0 Å². The molecule has 1 aliphatic rings. The van der Waals surface area contributed by atoms with Crippen molar-refractivity contribution in [3.63, 3.8) is 0 Å². The fraction of sp³-hybridized carbons (Fsp3) is 0.182. The van der Waals surface area contributed by atoms with Crippen molar-refractivity contribution in [3.05, 3.63) is 35.4 Å². The van der Waals surface area contributed by atoms with Crippen LogP contribution in [0.3, 0.4) is 0 Å². The Morgan fingerprint density at radius 3 is 2.57 bits per heavy atom. The first-order chi connectivity index (χ1) is 9.62. The van der Waals surface area contributed by atoms with E-state index in [1.807, 2.05) is 0 Å². The molecule has 0 aliphatic carbocycles.